The van der Waals surface area contributed by atoms with Crippen molar-refractivity contribution in [3.63, 3.8) is 0 Å². The van der Waals surface area contributed by atoms with E-state index < -0.39 is 11.6 Å². The average Bonchev–Trinajstić information content (AvgIpc) is 2.62. The Hall–Kier alpha value is -1.45. The van der Waals surface area contributed by atoms with Crippen molar-refractivity contribution < 1.29 is 8.78 Å². The van der Waals surface area contributed by atoms with Crippen molar-refractivity contribution >= 4 is 6.21 Å². The van der Waals surface area contributed by atoms with Gasteiger partial charge in [-0.1, -0.05) is 12.1 Å². The zero-order valence-corrected chi connectivity index (χ0v) is 6.80. The maximum absolute atomic E-state index is 13.2. The summed E-state index contributed by atoms with van der Waals surface area (Å²) < 4.78 is 26.0. The molecule has 0 fully saturated rings. The van der Waals surface area contributed by atoms with Crippen LogP contribution in [0.5, 0.6) is 0 Å². The van der Waals surface area contributed by atoms with Crippen LogP contribution in [0.3, 0.4) is 0 Å². The average molecular weight is 182 g/mol. The van der Waals surface area contributed by atoms with Gasteiger partial charge in [-0.25, -0.2) is 8.78 Å². The molecule has 0 aromatic heterocycles. The first-order valence-corrected chi connectivity index (χ1v) is 4.00. The topological polar surface area (TPSA) is 24.4 Å². The third-order valence-corrected chi connectivity index (χ3v) is 2.02. The number of nitrogens with one attached hydrogen (secondary N) is 1. The number of hydrogen-bond acceptors (Lipinski definition) is 2. The van der Waals surface area contributed by atoms with E-state index in [9.17, 15) is 8.78 Å². The van der Waals surface area contributed by atoms with E-state index in [4.69, 9.17) is 0 Å². The minimum Gasteiger partial charge on any atom is -0.302 e. The summed E-state index contributed by atoms with van der Waals surface area (Å²) in [6.45, 7) is 0. The standard InChI is InChI=1S/C9H8F2N2/c10-7-3-1-2-6(9(7)11)8-4-5-12-13-8/h1-3,5,8,13H,4H2. The quantitative estimate of drug-likeness (QED) is 0.705. The minimum atomic E-state index is -0.814. The SMILES string of the molecule is Fc1cccc(C2CC=NN2)c1F. The van der Waals surface area contributed by atoms with E-state index in [0.717, 1.165) is 6.07 Å². The number of nitrogens with zero attached hydrogens (tertiary/aromatic N) is 1. The zero-order valence-electron chi connectivity index (χ0n) is 6.80. The van der Waals surface area contributed by atoms with Gasteiger partial charge in [0.15, 0.2) is 11.6 Å². The van der Waals surface area contributed by atoms with Crippen LogP contribution in [-0.2, 0) is 0 Å². The van der Waals surface area contributed by atoms with Gasteiger partial charge in [-0.05, 0) is 6.07 Å². The Morgan fingerprint density at radius 3 is 2.92 bits per heavy atom. The lowest BCUT2D eigenvalue weighted by Crippen LogP contribution is -2.12. The molecule has 0 saturated heterocycles. The molecule has 1 aliphatic heterocycles. The molecule has 1 heterocycles. The smallest absolute Gasteiger partial charge is 0.164 e. The van der Waals surface area contributed by atoms with Gasteiger partial charge in [0.25, 0.3) is 0 Å². The summed E-state index contributed by atoms with van der Waals surface area (Å²) in [5.74, 6) is -1.60. The van der Waals surface area contributed by atoms with Crippen LogP contribution >= 0.6 is 0 Å². The largest absolute Gasteiger partial charge is 0.302 e. The molecule has 0 saturated carbocycles. The number of benzene rings is 1. The van der Waals surface area contributed by atoms with Crippen LogP contribution in [0.15, 0.2) is 23.3 Å². The molecule has 68 valence electrons. The number of hydrazone groups is 1. The number of halogens is 2. The molecule has 1 atom stereocenters. The van der Waals surface area contributed by atoms with Gasteiger partial charge < -0.3 is 5.43 Å². The minimum absolute atomic E-state index is 0.226. The molecule has 13 heavy (non-hydrogen) atoms. The number of hydrogen-bond donors (Lipinski definition) is 1. The molecule has 0 bridgehead atoms. The summed E-state index contributed by atoms with van der Waals surface area (Å²) in [7, 11) is 0. The van der Waals surface area contributed by atoms with Crippen LogP contribution in [-0.4, -0.2) is 6.21 Å². The maximum Gasteiger partial charge on any atom is 0.164 e. The molecule has 0 amide bonds. The van der Waals surface area contributed by atoms with Gasteiger partial charge in [0.2, 0.25) is 0 Å². The molecule has 0 radical (unpaired) electrons. The van der Waals surface area contributed by atoms with Gasteiger partial charge in [-0.15, -0.1) is 0 Å². The third kappa shape index (κ3) is 1.39. The predicted octanol–water partition coefficient (Wildman–Crippen LogP) is 1.98. The van der Waals surface area contributed by atoms with E-state index in [-0.39, 0.29) is 6.04 Å². The van der Waals surface area contributed by atoms with Crippen LogP contribution in [0.25, 0.3) is 0 Å². The molecule has 1 aromatic carbocycles. The molecule has 4 heteroatoms. The molecule has 1 aromatic rings. The molecule has 1 unspecified atom stereocenters. The van der Waals surface area contributed by atoms with Gasteiger partial charge >= 0.3 is 0 Å². The van der Waals surface area contributed by atoms with Crippen molar-refractivity contribution in [3.8, 4) is 0 Å². The van der Waals surface area contributed by atoms with Crippen molar-refractivity contribution in [2.45, 2.75) is 12.5 Å². The van der Waals surface area contributed by atoms with Crippen LogP contribution in [0, 0.1) is 11.6 Å². The van der Waals surface area contributed by atoms with Crippen molar-refractivity contribution in [1.29, 1.82) is 0 Å². The summed E-state index contributed by atoms with van der Waals surface area (Å²) in [6, 6.07) is 3.93. The fourth-order valence-corrected chi connectivity index (χ4v) is 1.34. The first kappa shape index (κ1) is 8.16. The highest BCUT2D eigenvalue weighted by atomic mass is 19.2. The fraction of sp³-hybridized carbons (Fsp3) is 0.222. The van der Waals surface area contributed by atoms with Crippen LogP contribution in [0.1, 0.15) is 18.0 Å². The van der Waals surface area contributed by atoms with Gasteiger partial charge in [-0.3, -0.25) is 0 Å². The van der Waals surface area contributed by atoms with E-state index in [1.165, 1.54) is 6.07 Å². The van der Waals surface area contributed by atoms with E-state index in [0.29, 0.717) is 12.0 Å². The van der Waals surface area contributed by atoms with E-state index in [2.05, 4.69) is 10.5 Å². The van der Waals surface area contributed by atoms with Crippen LogP contribution < -0.4 is 5.43 Å². The lowest BCUT2D eigenvalue weighted by atomic mass is 10.1. The second-order valence-electron chi connectivity index (χ2n) is 2.87. The first-order valence-electron chi connectivity index (χ1n) is 4.00. The maximum atomic E-state index is 13.2. The van der Waals surface area contributed by atoms with Crippen molar-refractivity contribution in [2.24, 2.45) is 5.10 Å². The Bertz CT molecular complexity index is 341. The van der Waals surface area contributed by atoms with Gasteiger partial charge in [0, 0.05) is 18.2 Å². The van der Waals surface area contributed by atoms with E-state index >= 15 is 0 Å². The molecular weight excluding hydrogens is 174 g/mol. The van der Waals surface area contributed by atoms with E-state index in [1.54, 1.807) is 12.3 Å². The fourth-order valence-electron chi connectivity index (χ4n) is 1.34. The van der Waals surface area contributed by atoms with E-state index in [1.807, 2.05) is 0 Å². The monoisotopic (exact) mass is 182 g/mol. The van der Waals surface area contributed by atoms with Crippen LogP contribution in [0.2, 0.25) is 0 Å². The highest BCUT2D eigenvalue weighted by Gasteiger charge is 2.18. The summed E-state index contributed by atoms with van der Waals surface area (Å²) >= 11 is 0. The predicted molar refractivity (Wildman–Crippen MR) is 45.3 cm³/mol. The summed E-state index contributed by atoms with van der Waals surface area (Å²) in [5.41, 5.74) is 3.03. The molecule has 0 aliphatic carbocycles. The Labute approximate surface area is 74.3 Å². The summed E-state index contributed by atoms with van der Waals surface area (Å²) in [4.78, 5) is 0. The molecule has 2 nitrogen and oxygen atoms in total. The highest BCUT2D eigenvalue weighted by molar-refractivity contribution is 5.60. The summed E-state index contributed by atoms with van der Waals surface area (Å²) in [6.07, 6.45) is 2.25. The van der Waals surface area contributed by atoms with Crippen LogP contribution in [0.4, 0.5) is 8.78 Å². The Kier molecular flexibility index (Phi) is 1.96. The Morgan fingerprint density at radius 2 is 2.23 bits per heavy atom. The first-order chi connectivity index (χ1) is 6.29. The van der Waals surface area contributed by atoms with Gasteiger partial charge in [-0.2, -0.15) is 5.10 Å². The molecular formula is C9H8F2N2. The molecule has 2 rings (SSSR count). The zero-order chi connectivity index (χ0) is 9.26. The molecule has 1 aliphatic rings. The Morgan fingerprint density at radius 1 is 1.38 bits per heavy atom. The summed E-state index contributed by atoms with van der Waals surface area (Å²) in [5, 5.41) is 3.75. The lowest BCUT2D eigenvalue weighted by Gasteiger charge is -2.10. The van der Waals surface area contributed by atoms with Crippen molar-refractivity contribution in [3.05, 3.63) is 35.4 Å². The Balaban J connectivity index is 2.34. The second kappa shape index (κ2) is 3.12. The van der Waals surface area contributed by atoms with Crippen molar-refractivity contribution in [1.82, 2.24) is 5.43 Å². The third-order valence-electron chi connectivity index (χ3n) is 2.02. The van der Waals surface area contributed by atoms with Gasteiger partial charge in [0.05, 0.1) is 6.04 Å². The van der Waals surface area contributed by atoms with Gasteiger partial charge in [0.1, 0.15) is 0 Å². The molecule has 0 spiro atoms. The highest BCUT2D eigenvalue weighted by Crippen LogP contribution is 2.23. The number of rotatable bonds is 1. The normalized spacial score (nSPS) is 20.3. The molecule has 1 N–H and O–H groups in total. The lowest BCUT2D eigenvalue weighted by molar-refractivity contribution is 0.478. The van der Waals surface area contributed by atoms with Crippen molar-refractivity contribution in [2.75, 3.05) is 0 Å². The second-order valence-corrected chi connectivity index (χ2v) is 2.87.